The fourth-order valence-electron chi connectivity index (χ4n) is 1.66. The molecule has 0 bridgehead atoms. The van der Waals surface area contributed by atoms with Crippen LogP contribution in [0.15, 0.2) is 41.2 Å². The smallest absolute Gasteiger partial charge is 0.315 e. The zero-order valence-electron chi connectivity index (χ0n) is 11.2. The number of hydrogen-bond acceptors (Lipinski definition) is 4. The molecule has 0 saturated carbocycles. The van der Waals surface area contributed by atoms with E-state index < -0.39 is 5.60 Å². The summed E-state index contributed by atoms with van der Waals surface area (Å²) in [5, 5.41) is 19.4. The van der Waals surface area contributed by atoms with Crippen molar-refractivity contribution in [2.45, 2.75) is 19.1 Å². The largest absolute Gasteiger partial charge is 0.384 e. The predicted molar refractivity (Wildman–Crippen MR) is 78.4 cm³/mol. The molecule has 2 aromatic rings. The van der Waals surface area contributed by atoms with Crippen molar-refractivity contribution in [1.29, 1.82) is 0 Å². The van der Waals surface area contributed by atoms with Crippen molar-refractivity contribution in [2.75, 3.05) is 6.54 Å². The SMILES string of the molecule is CC(O)(CNC(=O)NCc1ccccn1)c1ccsc1. The Morgan fingerprint density at radius 2 is 2.25 bits per heavy atom. The number of aliphatic hydroxyl groups is 1. The molecule has 1 atom stereocenters. The second-order valence-corrected chi connectivity index (χ2v) is 5.42. The van der Waals surface area contributed by atoms with Gasteiger partial charge in [-0.1, -0.05) is 6.07 Å². The highest BCUT2D eigenvalue weighted by Gasteiger charge is 2.24. The number of thiophene rings is 1. The van der Waals surface area contributed by atoms with E-state index in [0.29, 0.717) is 6.54 Å². The van der Waals surface area contributed by atoms with Crippen LogP contribution < -0.4 is 10.6 Å². The van der Waals surface area contributed by atoms with Gasteiger partial charge in [0.25, 0.3) is 0 Å². The van der Waals surface area contributed by atoms with Crippen LogP contribution in [0, 0.1) is 0 Å². The minimum atomic E-state index is -1.07. The van der Waals surface area contributed by atoms with E-state index >= 15 is 0 Å². The summed E-state index contributed by atoms with van der Waals surface area (Å²) in [7, 11) is 0. The van der Waals surface area contributed by atoms with Gasteiger partial charge in [-0.2, -0.15) is 11.3 Å². The van der Waals surface area contributed by atoms with Gasteiger partial charge >= 0.3 is 6.03 Å². The van der Waals surface area contributed by atoms with E-state index in [4.69, 9.17) is 0 Å². The van der Waals surface area contributed by atoms with Crippen molar-refractivity contribution in [2.24, 2.45) is 0 Å². The first-order chi connectivity index (χ1) is 9.58. The van der Waals surface area contributed by atoms with Crippen molar-refractivity contribution >= 4 is 17.4 Å². The van der Waals surface area contributed by atoms with Gasteiger partial charge in [-0.15, -0.1) is 0 Å². The van der Waals surface area contributed by atoms with Crippen LogP contribution in [0.2, 0.25) is 0 Å². The summed E-state index contributed by atoms with van der Waals surface area (Å²) in [5.74, 6) is 0. The predicted octanol–water partition coefficient (Wildman–Crippen LogP) is 1.85. The van der Waals surface area contributed by atoms with Gasteiger partial charge in [0.1, 0.15) is 5.60 Å². The van der Waals surface area contributed by atoms with Crippen LogP contribution in [0.1, 0.15) is 18.2 Å². The van der Waals surface area contributed by atoms with Crippen LogP contribution in [0.4, 0.5) is 4.79 Å². The molecule has 2 amide bonds. The number of pyridine rings is 1. The van der Waals surface area contributed by atoms with Gasteiger partial charge in [0.15, 0.2) is 0 Å². The number of urea groups is 1. The first-order valence-corrected chi connectivity index (χ1v) is 7.19. The van der Waals surface area contributed by atoms with Gasteiger partial charge in [0.05, 0.1) is 18.8 Å². The molecule has 2 heterocycles. The van der Waals surface area contributed by atoms with Gasteiger partial charge in [0.2, 0.25) is 0 Å². The number of hydrogen-bond donors (Lipinski definition) is 3. The first kappa shape index (κ1) is 14.5. The number of rotatable bonds is 5. The topological polar surface area (TPSA) is 74.2 Å². The number of aromatic nitrogens is 1. The molecule has 0 aliphatic heterocycles. The van der Waals surface area contributed by atoms with E-state index in [-0.39, 0.29) is 12.6 Å². The van der Waals surface area contributed by atoms with Crippen molar-refractivity contribution in [3.8, 4) is 0 Å². The fourth-order valence-corrected chi connectivity index (χ4v) is 2.44. The van der Waals surface area contributed by atoms with Gasteiger partial charge in [-0.25, -0.2) is 4.79 Å². The molecule has 0 fully saturated rings. The van der Waals surface area contributed by atoms with Crippen LogP contribution in [-0.2, 0) is 12.1 Å². The zero-order valence-corrected chi connectivity index (χ0v) is 12.0. The van der Waals surface area contributed by atoms with Crippen molar-refractivity contribution in [1.82, 2.24) is 15.6 Å². The Bertz CT molecular complexity index is 541. The summed E-state index contributed by atoms with van der Waals surface area (Å²) < 4.78 is 0. The lowest BCUT2D eigenvalue weighted by atomic mass is 9.99. The number of amides is 2. The Balaban J connectivity index is 1.78. The van der Waals surface area contributed by atoms with Gasteiger partial charge < -0.3 is 15.7 Å². The number of carbonyl (C=O) groups is 1. The molecule has 0 aliphatic carbocycles. The van der Waals surface area contributed by atoms with Crippen LogP contribution >= 0.6 is 11.3 Å². The zero-order chi connectivity index (χ0) is 14.4. The highest BCUT2D eigenvalue weighted by atomic mass is 32.1. The second-order valence-electron chi connectivity index (χ2n) is 4.64. The van der Waals surface area contributed by atoms with E-state index in [0.717, 1.165) is 11.3 Å². The Labute approximate surface area is 121 Å². The standard InChI is InChI=1S/C14H17N3O2S/c1-14(19,11-5-7-20-9-11)10-17-13(18)16-8-12-4-2-3-6-15-12/h2-7,9,19H,8,10H2,1H3,(H2,16,17,18). The minimum Gasteiger partial charge on any atom is -0.384 e. The quantitative estimate of drug-likeness (QED) is 0.787. The number of nitrogens with zero attached hydrogens (tertiary/aromatic N) is 1. The highest BCUT2D eigenvalue weighted by Crippen LogP contribution is 2.21. The van der Waals surface area contributed by atoms with E-state index in [2.05, 4.69) is 15.6 Å². The minimum absolute atomic E-state index is 0.151. The van der Waals surface area contributed by atoms with E-state index in [1.54, 1.807) is 13.1 Å². The summed E-state index contributed by atoms with van der Waals surface area (Å²) in [6, 6.07) is 7.04. The Kier molecular flexibility index (Phi) is 4.70. The molecule has 2 rings (SSSR count). The molecule has 5 nitrogen and oxygen atoms in total. The van der Waals surface area contributed by atoms with Crippen molar-refractivity contribution in [3.63, 3.8) is 0 Å². The summed E-state index contributed by atoms with van der Waals surface area (Å²) >= 11 is 1.51. The van der Waals surface area contributed by atoms with Crippen LogP contribution in [-0.4, -0.2) is 22.7 Å². The van der Waals surface area contributed by atoms with Crippen molar-refractivity contribution in [3.05, 3.63) is 52.5 Å². The van der Waals surface area contributed by atoms with Crippen LogP contribution in [0.25, 0.3) is 0 Å². The van der Waals surface area contributed by atoms with E-state index in [1.165, 1.54) is 11.3 Å². The summed E-state index contributed by atoms with van der Waals surface area (Å²) in [6.07, 6.45) is 1.68. The molecular weight excluding hydrogens is 274 g/mol. The summed E-state index contributed by atoms with van der Waals surface area (Å²) in [4.78, 5) is 15.8. The molecule has 106 valence electrons. The molecule has 0 radical (unpaired) electrons. The lowest BCUT2D eigenvalue weighted by molar-refractivity contribution is 0.0598. The molecule has 0 spiro atoms. The Hall–Kier alpha value is -1.92. The third-order valence-electron chi connectivity index (χ3n) is 2.89. The average molecular weight is 291 g/mol. The third-order valence-corrected chi connectivity index (χ3v) is 3.58. The maximum absolute atomic E-state index is 11.7. The number of nitrogens with one attached hydrogen (secondary N) is 2. The lowest BCUT2D eigenvalue weighted by Crippen LogP contribution is -2.43. The van der Waals surface area contributed by atoms with Gasteiger partial charge in [-0.05, 0) is 41.4 Å². The third kappa shape index (κ3) is 4.04. The first-order valence-electron chi connectivity index (χ1n) is 6.24. The Morgan fingerprint density at radius 1 is 1.40 bits per heavy atom. The van der Waals surface area contributed by atoms with Crippen LogP contribution in [0.3, 0.4) is 0 Å². The number of carbonyl (C=O) groups excluding carboxylic acids is 1. The molecule has 0 saturated heterocycles. The monoisotopic (exact) mass is 291 g/mol. The maximum atomic E-state index is 11.7. The van der Waals surface area contributed by atoms with Gasteiger partial charge in [-0.3, -0.25) is 4.98 Å². The van der Waals surface area contributed by atoms with Crippen LogP contribution in [0.5, 0.6) is 0 Å². The summed E-state index contributed by atoms with van der Waals surface area (Å²) in [6.45, 7) is 2.18. The molecule has 2 aromatic heterocycles. The maximum Gasteiger partial charge on any atom is 0.315 e. The van der Waals surface area contributed by atoms with Gasteiger partial charge in [0, 0.05) is 6.20 Å². The molecule has 3 N–H and O–H groups in total. The second kappa shape index (κ2) is 6.49. The molecule has 0 aromatic carbocycles. The molecule has 1 unspecified atom stereocenters. The van der Waals surface area contributed by atoms with E-state index in [1.807, 2.05) is 35.0 Å². The molecular formula is C14H17N3O2S. The summed E-state index contributed by atoms with van der Waals surface area (Å²) in [5.41, 5.74) is 0.516. The lowest BCUT2D eigenvalue weighted by Gasteiger charge is -2.22. The van der Waals surface area contributed by atoms with Crippen molar-refractivity contribution < 1.29 is 9.90 Å². The average Bonchev–Trinajstić information content (AvgIpc) is 2.99. The molecule has 20 heavy (non-hydrogen) atoms. The highest BCUT2D eigenvalue weighted by molar-refractivity contribution is 7.08. The Morgan fingerprint density at radius 3 is 2.90 bits per heavy atom. The normalized spacial score (nSPS) is 13.5. The fraction of sp³-hybridized carbons (Fsp3) is 0.286. The van der Waals surface area contributed by atoms with E-state index in [9.17, 15) is 9.90 Å². The molecule has 6 heteroatoms. The molecule has 0 aliphatic rings.